The summed E-state index contributed by atoms with van der Waals surface area (Å²) in [6.07, 6.45) is 3.26. The molecule has 6 N–H and O–H groups in total. The molecule has 0 unspecified atom stereocenters. The molecule has 0 radical (unpaired) electrons. The Kier molecular flexibility index (Phi) is 14.4. The van der Waals surface area contributed by atoms with Crippen LogP contribution in [0.25, 0.3) is 10.9 Å². The number of aryl methyl sites for hydroxylation is 3. The Hall–Kier alpha value is -5.41. The van der Waals surface area contributed by atoms with Crippen LogP contribution in [0, 0.1) is 13.8 Å². The molecule has 1 aliphatic rings. The Morgan fingerprint density at radius 1 is 1.03 bits per heavy atom. The van der Waals surface area contributed by atoms with Gasteiger partial charge in [-0.1, -0.05) is 46.2 Å². The second kappa shape index (κ2) is 19.5. The van der Waals surface area contributed by atoms with Gasteiger partial charge in [0.25, 0.3) is 0 Å². The molecule has 0 aliphatic heterocycles. The number of nitrogens with one attached hydrogen (secondary N) is 2. The third-order valence-corrected chi connectivity index (χ3v) is 14.7. The molecule has 1 saturated carbocycles. The lowest BCUT2D eigenvalue weighted by Gasteiger charge is -2.40. The minimum Gasteiger partial charge on any atom is -0.497 e. The van der Waals surface area contributed by atoms with E-state index >= 15 is 0 Å². The Bertz CT molecular complexity index is 2500. The molecule has 324 valence electrons. The summed E-state index contributed by atoms with van der Waals surface area (Å²) in [4.78, 5) is 52.2. The summed E-state index contributed by atoms with van der Waals surface area (Å²) < 4.78 is 37.6. The van der Waals surface area contributed by atoms with Crippen molar-refractivity contribution in [2.75, 3.05) is 42.9 Å². The SMILES string of the molecule is COc1ccc(CNC(=O)[C@@H](CCN)NC(=O)CSSC2(COC(=O)N(c3ccc(C)c(S(N)(=O)=O)c3)c3nccc(N(C)c4ccc5c(C)n(C)nc5c4)n3)CCC2)cc1. The van der Waals surface area contributed by atoms with E-state index in [0.29, 0.717) is 17.1 Å². The Morgan fingerprint density at radius 2 is 1.77 bits per heavy atom. The minimum absolute atomic E-state index is 0.0117. The van der Waals surface area contributed by atoms with Gasteiger partial charge in [0.1, 0.15) is 24.2 Å². The van der Waals surface area contributed by atoms with Crippen LogP contribution in [-0.2, 0) is 37.9 Å². The maximum atomic E-state index is 14.2. The van der Waals surface area contributed by atoms with Gasteiger partial charge >= 0.3 is 6.09 Å². The van der Waals surface area contributed by atoms with E-state index in [-0.39, 0.29) is 60.2 Å². The number of primary sulfonamides is 1. The van der Waals surface area contributed by atoms with Crippen molar-refractivity contribution in [1.82, 2.24) is 30.4 Å². The van der Waals surface area contributed by atoms with E-state index in [1.54, 1.807) is 44.4 Å². The molecule has 1 fully saturated rings. The van der Waals surface area contributed by atoms with Gasteiger partial charge in [-0.2, -0.15) is 10.1 Å². The van der Waals surface area contributed by atoms with Crippen LogP contribution >= 0.6 is 21.6 Å². The van der Waals surface area contributed by atoms with Gasteiger partial charge in [-0.25, -0.2) is 28.2 Å². The first-order chi connectivity index (χ1) is 29.1. The summed E-state index contributed by atoms with van der Waals surface area (Å²) in [5.41, 5.74) is 9.79. The van der Waals surface area contributed by atoms with Gasteiger partial charge in [0.05, 0.1) is 33.7 Å². The number of amides is 3. The van der Waals surface area contributed by atoms with Crippen molar-refractivity contribution in [3.8, 4) is 5.75 Å². The predicted molar refractivity (Wildman–Crippen MR) is 239 cm³/mol. The Labute approximate surface area is 362 Å². The van der Waals surface area contributed by atoms with Crippen LogP contribution in [0.2, 0.25) is 0 Å². The molecule has 0 saturated heterocycles. The number of carbonyl (C=O) groups is 3. The monoisotopic (exact) mass is 890 g/mol. The lowest BCUT2D eigenvalue weighted by molar-refractivity contribution is -0.128. The summed E-state index contributed by atoms with van der Waals surface area (Å²) >= 11 is 0. The maximum absolute atomic E-state index is 14.2. The number of nitrogens with two attached hydrogens (primary N) is 2. The van der Waals surface area contributed by atoms with Gasteiger partial charge in [0.15, 0.2) is 0 Å². The molecular formula is C41H50N10O7S3. The van der Waals surface area contributed by atoms with Crippen LogP contribution < -0.4 is 36.0 Å². The van der Waals surface area contributed by atoms with E-state index in [9.17, 15) is 22.8 Å². The molecule has 3 aromatic carbocycles. The van der Waals surface area contributed by atoms with Crippen molar-refractivity contribution in [1.29, 1.82) is 0 Å². The number of methoxy groups -OCH3 is 1. The van der Waals surface area contributed by atoms with Gasteiger partial charge in [-0.3, -0.25) is 14.3 Å². The molecule has 20 heteroatoms. The zero-order valence-corrected chi connectivity index (χ0v) is 37.0. The fourth-order valence-corrected chi connectivity index (χ4v) is 10.4. The second-order valence-corrected chi connectivity index (χ2v) is 19.0. The van der Waals surface area contributed by atoms with Gasteiger partial charge in [-0.15, -0.1) is 0 Å². The van der Waals surface area contributed by atoms with Crippen LogP contribution in [0.1, 0.15) is 42.5 Å². The molecule has 1 atom stereocenters. The van der Waals surface area contributed by atoms with Crippen LogP contribution in [0.15, 0.2) is 77.8 Å². The fourth-order valence-electron chi connectivity index (χ4n) is 6.65. The molecule has 61 heavy (non-hydrogen) atoms. The number of anilines is 4. The highest BCUT2D eigenvalue weighted by Crippen LogP contribution is 2.50. The van der Waals surface area contributed by atoms with Crippen LogP contribution in [0.5, 0.6) is 5.75 Å². The van der Waals surface area contributed by atoms with E-state index < -0.39 is 26.9 Å². The molecular weight excluding hydrogens is 841 g/mol. The average Bonchev–Trinajstić information content (AvgIpc) is 3.52. The summed E-state index contributed by atoms with van der Waals surface area (Å²) in [6, 6.07) is 18.5. The topological polar surface area (TPSA) is 230 Å². The van der Waals surface area contributed by atoms with Gasteiger partial charge in [-0.05, 0) is 99.3 Å². The van der Waals surface area contributed by atoms with Crippen molar-refractivity contribution in [2.45, 2.75) is 61.8 Å². The number of hydrogen-bond acceptors (Lipinski definition) is 14. The summed E-state index contributed by atoms with van der Waals surface area (Å²) in [6.45, 7) is 4.06. The minimum atomic E-state index is -4.16. The number of nitrogens with zero attached hydrogens (tertiary/aromatic N) is 6. The molecule has 0 spiro atoms. The quantitative estimate of drug-likeness (QED) is 0.0837. The molecule has 2 heterocycles. The van der Waals surface area contributed by atoms with Crippen LogP contribution in [0.3, 0.4) is 0 Å². The van der Waals surface area contributed by atoms with Crippen molar-refractivity contribution < 1.29 is 32.3 Å². The molecule has 6 rings (SSSR count). The van der Waals surface area contributed by atoms with Crippen molar-refractivity contribution >= 4 is 83.6 Å². The normalized spacial score (nSPS) is 13.8. The number of ether oxygens (including phenoxy) is 2. The first kappa shape index (κ1) is 45.1. The van der Waals surface area contributed by atoms with Crippen molar-refractivity contribution in [3.63, 3.8) is 0 Å². The third kappa shape index (κ3) is 10.9. The first-order valence-electron chi connectivity index (χ1n) is 19.4. The second-order valence-electron chi connectivity index (χ2n) is 14.7. The van der Waals surface area contributed by atoms with Gasteiger partial charge < -0.3 is 30.7 Å². The highest BCUT2D eigenvalue weighted by molar-refractivity contribution is 8.77. The van der Waals surface area contributed by atoms with Crippen LogP contribution in [-0.4, -0.2) is 89.9 Å². The number of aromatic nitrogens is 4. The molecule has 17 nitrogen and oxygen atoms in total. The van der Waals surface area contributed by atoms with E-state index in [1.165, 1.54) is 33.9 Å². The average molecular weight is 891 g/mol. The highest BCUT2D eigenvalue weighted by Gasteiger charge is 2.41. The number of benzene rings is 3. The van der Waals surface area contributed by atoms with Crippen molar-refractivity contribution in [3.05, 3.63) is 89.7 Å². The zero-order chi connectivity index (χ0) is 43.9. The summed E-state index contributed by atoms with van der Waals surface area (Å²) in [5, 5.41) is 16.8. The van der Waals surface area contributed by atoms with Gasteiger partial charge in [0, 0.05) is 43.6 Å². The lowest BCUT2D eigenvalue weighted by Crippen LogP contribution is -2.48. The number of hydrogen-bond donors (Lipinski definition) is 4. The van der Waals surface area contributed by atoms with E-state index in [1.807, 2.05) is 60.9 Å². The predicted octanol–water partition coefficient (Wildman–Crippen LogP) is 5.13. The van der Waals surface area contributed by atoms with E-state index in [0.717, 1.165) is 52.0 Å². The van der Waals surface area contributed by atoms with E-state index in [4.69, 9.17) is 25.3 Å². The standard InChI is InChI=1S/C41H50N10O7S3/c1-26-7-10-30(22-35(26)61(43,55)56)51(39-44-20-16-36(47-39)49(3)29-11-14-32-27(2)50(4)48-34(32)21-29)40(54)58-25-41(17-6-18-41)60-59-24-37(52)46-33(15-19-42)38(53)45-23-28-8-12-31(57-5)13-9-28/h7-14,16,20-22,33H,6,15,17-19,23-25,42H2,1-5H3,(H,45,53)(H,46,52)(H2,43,55,56)/t33-/m1/s1. The third-order valence-electron chi connectivity index (χ3n) is 10.5. The molecule has 2 aromatic heterocycles. The Morgan fingerprint density at radius 3 is 2.44 bits per heavy atom. The molecule has 1 aliphatic carbocycles. The number of fused-ring (bicyclic) bond motifs is 1. The number of sulfonamides is 1. The zero-order valence-electron chi connectivity index (χ0n) is 34.6. The van der Waals surface area contributed by atoms with Crippen LogP contribution in [0.4, 0.5) is 27.9 Å². The summed E-state index contributed by atoms with van der Waals surface area (Å²) in [7, 11) is 3.87. The smallest absolute Gasteiger partial charge is 0.421 e. The maximum Gasteiger partial charge on any atom is 0.421 e. The molecule has 3 amide bonds. The first-order valence-corrected chi connectivity index (χ1v) is 23.3. The largest absolute Gasteiger partial charge is 0.497 e. The fraction of sp³-hybridized carbons (Fsp3) is 0.366. The number of carbonyl (C=O) groups excluding carboxylic acids is 3. The molecule has 0 bridgehead atoms. The lowest BCUT2D eigenvalue weighted by atomic mass is 9.85. The number of rotatable bonds is 18. The van der Waals surface area contributed by atoms with E-state index in [2.05, 4.69) is 20.7 Å². The highest BCUT2D eigenvalue weighted by atomic mass is 33.1. The van der Waals surface area contributed by atoms with Crippen molar-refractivity contribution in [2.24, 2.45) is 17.9 Å². The van der Waals surface area contributed by atoms with Gasteiger partial charge in [0.2, 0.25) is 27.8 Å². The molecule has 5 aromatic rings. The summed E-state index contributed by atoms with van der Waals surface area (Å²) in [5.74, 6) is 0.450. The Balaban J connectivity index is 1.13.